The van der Waals surface area contributed by atoms with E-state index in [1.165, 1.54) is 5.56 Å². The Morgan fingerprint density at radius 3 is 2.74 bits per heavy atom. The third kappa shape index (κ3) is 3.33. The number of nitrogens with zero attached hydrogens (tertiary/aromatic N) is 5. The summed E-state index contributed by atoms with van der Waals surface area (Å²) in [6, 6.07) is 6.14. The summed E-state index contributed by atoms with van der Waals surface area (Å²) in [7, 11) is 7.56. The van der Waals surface area contributed by atoms with Crippen molar-refractivity contribution in [2.45, 2.75) is 12.5 Å². The highest BCUT2D eigenvalue weighted by atomic mass is 16.5. The van der Waals surface area contributed by atoms with Gasteiger partial charge >= 0.3 is 0 Å². The van der Waals surface area contributed by atoms with Crippen molar-refractivity contribution in [3.05, 3.63) is 35.7 Å². The normalized spacial score (nSPS) is 14.6. The first kappa shape index (κ1) is 17.7. The Labute approximate surface area is 158 Å². The Kier molecular flexibility index (Phi) is 4.67. The maximum atomic E-state index is 5.67. The predicted molar refractivity (Wildman–Crippen MR) is 104 cm³/mol. The molecule has 3 aromatic rings. The largest absolute Gasteiger partial charge is 0.494 e. The zero-order valence-electron chi connectivity index (χ0n) is 16.1. The van der Waals surface area contributed by atoms with Gasteiger partial charge in [0.2, 0.25) is 0 Å². The van der Waals surface area contributed by atoms with Gasteiger partial charge in [0, 0.05) is 24.9 Å². The molecule has 0 bridgehead atoms. The molecule has 1 fully saturated rings. The molecule has 1 aliphatic rings. The first-order valence-electron chi connectivity index (χ1n) is 8.93. The van der Waals surface area contributed by atoms with E-state index >= 15 is 0 Å². The number of hydrogen-bond acceptors (Lipinski definition) is 7. The maximum absolute atomic E-state index is 5.67. The van der Waals surface area contributed by atoms with Crippen molar-refractivity contribution < 1.29 is 9.47 Å². The molecule has 0 atom stereocenters. The van der Waals surface area contributed by atoms with E-state index in [1.807, 2.05) is 39.5 Å². The Hall–Kier alpha value is -2.71. The van der Waals surface area contributed by atoms with Gasteiger partial charge in [-0.25, -0.2) is 9.67 Å². The fourth-order valence-corrected chi connectivity index (χ4v) is 3.30. The number of methoxy groups -OCH3 is 1. The van der Waals surface area contributed by atoms with Crippen LogP contribution >= 0.6 is 0 Å². The maximum Gasteiger partial charge on any atom is 0.145 e. The van der Waals surface area contributed by atoms with Crippen molar-refractivity contribution in [3.8, 4) is 11.4 Å². The van der Waals surface area contributed by atoms with Crippen molar-refractivity contribution in [1.29, 1.82) is 0 Å². The molecule has 0 unspecified atom stereocenters. The van der Waals surface area contributed by atoms with Crippen LogP contribution in [0.4, 0.5) is 5.82 Å². The highest BCUT2D eigenvalue weighted by molar-refractivity contribution is 5.88. The zero-order valence-corrected chi connectivity index (χ0v) is 16.1. The molecule has 1 N–H and O–H groups in total. The molecule has 0 radical (unpaired) electrons. The number of nitrogens with one attached hydrogen (secondary N) is 1. The van der Waals surface area contributed by atoms with Crippen LogP contribution in [0.3, 0.4) is 0 Å². The summed E-state index contributed by atoms with van der Waals surface area (Å²) in [5.74, 6) is 1.97. The standard InChI is InChI=1S/C19H24N6O2/c1-20-19-6-14(12-10-27-11-12)15-5-18(26-4)17(7-16(15)21-19)25-9-13(22-23-25)8-24(2)3/h5-7,9,12H,8,10-11H2,1-4H3,(H,20,21). The lowest BCUT2D eigenvalue weighted by Gasteiger charge is -2.28. The van der Waals surface area contributed by atoms with Gasteiger partial charge < -0.3 is 19.7 Å². The minimum atomic E-state index is 0.385. The van der Waals surface area contributed by atoms with E-state index < -0.39 is 0 Å². The predicted octanol–water partition coefficient (Wildman–Crippen LogP) is 2.04. The van der Waals surface area contributed by atoms with E-state index in [-0.39, 0.29) is 0 Å². The van der Waals surface area contributed by atoms with Crippen molar-refractivity contribution in [1.82, 2.24) is 24.9 Å². The van der Waals surface area contributed by atoms with E-state index in [1.54, 1.807) is 11.8 Å². The van der Waals surface area contributed by atoms with Crippen molar-refractivity contribution in [3.63, 3.8) is 0 Å². The number of aromatic nitrogens is 4. The van der Waals surface area contributed by atoms with E-state index in [9.17, 15) is 0 Å². The molecule has 8 nitrogen and oxygen atoms in total. The number of anilines is 1. The van der Waals surface area contributed by atoms with E-state index in [0.717, 1.165) is 53.6 Å². The van der Waals surface area contributed by atoms with Crippen LogP contribution < -0.4 is 10.1 Å². The van der Waals surface area contributed by atoms with Crippen LogP contribution in [0.2, 0.25) is 0 Å². The summed E-state index contributed by atoms with van der Waals surface area (Å²) in [6.07, 6.45) is 1.92. The van der Waals surface area contributed by atoms with E-state index in [2.05, 4.69) is 26.6 Å². The number of rotatable bonds is 6. The number of fused-ring (bicyclic) bond motifs is 1. The zero-order chi connectivity index (χ0) is 19.0. The van der Waals surface area contributed by atoms with Crippen LogP contribution in [0.5, 0.6) is 5.75 Å². The number of ether oxygens (including phenoxy) is 2. The Balaban J connectivity index is 1.84. The third-order valence-electron chi connectivity index (χ3n) is 4.74. The summed E-state index contributed by atoms with van der Waals surface area (Å²) in [5.41, 5.74) is 3.84. The molecule has 1 saturated heterocycles. The Bertz CT molecular complexity index is 964. The van der Waals surface area contributed by atoms with Gasteiger partial charge in [-0.15, -0.1) is 5.10 Å². The second kappa shape index (κ2) is 7.13. The third-order valence-corrected chi connectivity index (χ3v) is 4.74. The fourth-order valence-electron chi connectivity index (χ4n) is 3.30. The molecule has 0 spiro atoms. The summed E-state index contributed by atoms with van der Waals surface area (Å²) in [6.45, 7) is 2.20. The highest BCUT2D eigenvalue weighted by Crippen LogP contribution is 2.36. The molecule has 0 amide bonds. The smallest absolute Gasteiger partial charge is 0.145 e. The molecule has 4 rings (SSSR count). The molecular weight excluding hydrogens is 344 g/mol. The van der Waals surface area contributed by atoms with Gasteiger partial charge in [-0.1, -0.05) is 5.21 Å². The molecule has 2 aromatic heterocycles. The molecule has 1 aromatic carbocycles. The van der Waals surface area contributed by atoms with Crippen LogP contribution in [-0.2, 0) is 11.3 Å². The van der Waals surface area contributed by atoms with Crippen LogP contribution in [-0.4, -0.2) is 66.3 Å². The quantitative estimate of drug-likeness (QED) is 0.713. The van der Waals surface area contributed by atoms with Crippen LogP contribution in [0, 0.1) is 0 Å². The summed E-state index contributed by atoms with van der Waals surface area (Å²) >= 11 is 0. The van der Waals surface area contributed by atoms with Gasteiger partial charge in [0.15, 0.2) is 0 Å². The van der Waals surface area contributed by atoms with Crippen LogP contribution in [0.1, 0.15) is 17.2 Å². The van der Waals surface area contributed by atoms with Gasteiger partial charge in [-0.05, 0) is 37.9 Å². The SMILES string of the molecule is CNc1cc(C2COC2)c2cc(OC)c(-n3cc(CN(C)C)nn3)cc2n1. The van der Waals surface area contributed by atoms with Gasteiger partial charge in [0.25, 0.3) is 0 Å². The summed E-state index contributed by atoms with van der Waals surface area (Å²) in [4.78, 5) is 6.79. The monoisotopic (exact) mass is 368 g/mol. The fraction of sp³-hybridized carbons (Fsp3) is 0.421. The van der Waals surface area contributed by atoms with Gasteiger partial charge in [0.1, 0.15) is 17.3 Å². The molecule has 8 heteroatoms. The molecule has 0 aliphatic carbocycles. The molecule has 142 valence electrons. The lowest BCUT2D eigenvalue weighted by atomic mass is 9.93. The molecule has 0 saturated carbocycles. The second-order valence-corrected chi connectivity index (χ2v) is 7.01. The number of benzene rings is 1. The van der Waals surface area contributed by atoms with Gasteiger partial charge in [0.05, 0.1) is 37.7 Å². The topological polar surface area (TPSA) is 77.3 Å². The van der Waals surface area contributed by atoms with Gasteiger partial charge in [-0.3, -0.25) is 0 Å². The molecule has 3 heterocycles. The minimum Gasteiger partial charge on any atom is -0.494 e. The average Bonchev–Trinajstić information content (AvgIpc) is 3.06. The number of pyridine rings is 1. The molecule has 1 aliphatic heterocycles. The Morgan fingerprint density at radius 2 is 2.11 bits per heavy atom. The highest BCUT2D eigenvalue weighted by Gasteiger charge is 2.24. The first-order chi connectivity index (χ1) is 13.1. The molecular formula is C19H24N6O2. The minimum absolute atomic E-state index is 0.385. The van der Waals surface area contributed by atoms with Crippen LogP contribution in [0.15, 0.2) is 24.4 Å². The summed E-state index contributed by atoms with van der Waals surface area (Å²) < 4.78 is 12.8. The van der Waals surface area contributed by atoms with Crippen molar-refractivity contribution in [2.75, 3.05) is 46.8 Å². The lowest BCUT2D eigenvalue weighted by molar-refractivity contribution is 0.00900. The van der Waals surface area contributed by atoms with Gasteiger partial charge in [-0.2, -0.15) is 0 Å². The second-order valence-electron chi connectivity index (χ2n) is 7.01. The average molecular weight is 368 g/mol. The van der Waals surface area contributed by atoms with Crippen molar-refractivity contribution in [2.24, 2.45) is 0 Å². The van der Waals surface area contributed by atoms with E-state index in [0.29, 0.717) is 5.92 Å². The first-order valence-corrected chi connectivity index (χ1v) is 8.93. The Morgan fingerprint density at radius 1 is 1.30 bits per heavy atom. The number of hydrogen-bond donors (Lipinski definition) is 1. The molecule has 27 heavy (non-hydrogen) atoms. The van der Waals surface area contributed by atoms with E-state index in [4.69, 9.17) is 14.5 Å². The summed E-state index contributed by atoms with van der Waals surface area (Å²) in [5, 5.41) is 12.8. The van der Waals surface area contributed by atoms with Crippen molar-refractivity contribution >= 4 is 16.7 Å². The van der Waals surface area contributed by atoms with Crippen LogP contribution in [0.25, 0.3) is 16.6 Å². The lowest BCUT2D eigenvalue weighted by Crippen LogP contribution is -2.25.